The summed E-state index contributed by atoms with van der Waals surface area (Å²) in [7, 11) is 2.06. The topological polar surface area (TPSA) is 68.6 Å². The van der Waals surface area contributed by atoms with Crippen molar-refractivity contribution in [1.29, 1.82) is 0 Å². The number of aromatic nitrogens is 1. The van der Waals surface area contributed by atoms with Crippen LogP contribution < -0.4 is 4.74 Å². The van der Waals surface area contributed by atoms with Crippen molar-refractivity contribution in [3.05, 3.63) is 30.0 Å². The molecule has 3 rings (SSSR count). The lowest BCUT2D eigenvalue weighted by molar-refractivity contribution is 0.0738. The summed E-state index contributed by atoms with van der Waals surface area (Å²) in [6.45, 7) is 0. The Labute approximate surface area is 135 Å². The van der Waals surface area contributed by atoms with E-state index in [1.54, 1.807) is 23.6 Å². The number of hydrogen-bond donors (Lipinski definition) is 0. The first-order valence-electron chi connectivity index (χ1n) is 7.44. The van der Waals surface area contributed by atoms with E-state index in [2.05, 4.69) is 0 Å². The molecule has 2 heterocycles. The number of amides is 1. The standard InChI is InChI=1S/C16H20N2O4S/c1-17(12-7-8-23(20,21)10-12)16(19)13-9-11-5-4-6-14(22-3)15(11)18(13)2/h4-6,9,12H,7-8,10H2,1-3H3. The van der Waals surface area contributed by atoms with Gasteiger partial charge in [0.05, 0.1) is 24.1 Å². The third kappa shape index (κ3) is 2.69. The molecule has 1 unspecified atom stereocenters. The van der Waals surface area contributed by atoms with Crippen LogP contribution in [0.2, 0.25) is 0 Å². The molecule has 0 spiro atoms. The second-order valence-corrected chi connectivity index (χ2v) is 8.19. The SMILES string of the molecule is COc1cccc2cc(C(=O)N(C)C3CCS(=O)(=O)C3)n(C)c12. The highest BCUT2D eigenvalue weighted by Crippen LogP contribution is 2.29. The van der Waals surface area contributed by atoms with Crippen LogP contribution >= 0.6 is 0 Å². The monoisotopic (exact) mass is 336 g/mol. The van der Waals surface area contributed by atoms with Crippen molar-refractivity contribution < 1.29 is 17.9 Å². The van der Waals surface area contributed by atoms with Gasteiger partial charge in [0.2, 0.25) is 0 Å². The van der Waals surface area contributed by atoms with Crippen molar-refractivity contribution in [2.45, 2.75) is 12.5 Å². The van der Waals surface area contributed by atoms with E-state index in [1.807, 2.05) is 31.3 Å². The molecule has 1 aliphatic rings. The number of sulfone groups is 1. The first-order valence-corrected chi connectivity index (χ1v) is 9.26. The average Bonchev–Trinajstić information content (AvgIpc) is 3.06. The highest BCUT2D eigenvalue weighted by molar-refractivity contribution is 7.91. The molecule has 124 valence electrons. The molecule has 1 aliphatic heterocycles. The fraction of sp³-hybridized carbons (Fsp3) is 0.438. The molecule has 7 heteroatoms. The number of methoxy groups -OCH3 is 1. The summed E-state index contributed by atoms with van der Waals surface area (Å²) in [5, 5.41) is 0.919. The predicted octanol–water partition coefficient (Wildman–Crippen LogP) is 1.45. The third-order valence-electron chi connectivity index (χ3n) is 4.53. The van der Waals surface area contributed by atoms with Gasteiger partial charge in [0.1, 0.15) is 11.4 Å². The van der Waals surface area contributed by atoms with Crippen LogP contribution in [0.15, 0.2) is 24.3 Å². The van der Waals surface area contributed by atoms with Gasteiger partial charge in [-0.1, -0.05) is 12.1 Å². The van der Waals surface area contributed by atoms with Crippen LogP contribution in [-0.4, -0.2) is 55.5 Å². The number of nitrogens with zero attached hydrogens (tertiary/aromatic N) is 2. The van der Waals surface area contributed by atoms with Gasteiger partial charge in [-0.15, -0.1) is 0 Å². The van der Waals surface area contributed by atoms with Crippen molar-refractivity contribution in [2.24, 2.45) is 7.05 Å². The van der Waals surface area contributed by atoms with Gasteiger partial charge in [-0.2, -0.15) is 0 Å². The van der Waals surface area contributed by atoms with Gasteiger partial charge in [-0.25, -0.2) is 8.42 Å². The Bertz CT molecular complexity index is 870. The van der Waals surface area contributed by atoms with Crippen LogP contribution in [0.3, 0.4) is 0 Å². The van der Waals surface area contributed by atoms with Crippen LogP contribution in [0.5, 0.6) is 5.75 Å². The van der Waals surface area contributed by atoms with E-state index in [-0.39, 0.29) is 23.5 Å². The van der Waals surface area contributed by atoms with Crippen LogP contribution in [0.4, 0.5) is 0 Å². The summed E-state index contributed by atoms with van der Waals surface area (Å²) in [5.41, 5.74) is 1.38. The van der Waals surface area contributed by atoms with Crippen molar-refractivity contribution in [1.82, 2.24) is 9.47 Å². The zero-order valence-electron chi connectivity index (χ0n) is 13.4. The third-order valence-corrected chi connectivity index (χ3v) is 6.29. The minimum Gasteiger partial charge on any atom is -0.495 e. The Morgan fingerprint density at radius 1 is 1.39 bits per heavy atom. The summed E-state index contributed by atoms with van der Waals surface area (Å²) < 4.78 is 30.4. The maximum absolute atomic E-state index is 12.8. The second kappa shape index (κ2) is 5.56. The van der Waals surface area contributed by atoms with Gasteiger partial charge in [0.25, 0.3) is 5.91 Å². The average molecular weight is 336 g/mol. The maximum Gasteiger partial charge on any atom is 0.270 e. The Hall–Kier alpha value is -2.02. The number of hydrogen-bond acceptors (Lipinski definition) is 4. The summed E-state index contributed by atoms with van der Waals surface area (Å²) in [6, 6.07) is 7.22. The molecule has 1 aromatic heterocycles. The molecule has 0 saturated carbocycles. The van der Waals surface area contributed by atoms with Crippen molar-refractivity contribution in [2.75, 3.05) is 25.7 Å². The molecule has 0 N–H and O–H groups in total. The van der Waals surface area contributed by atoms with Gasteiger partial charge >= 0.3 is 0 Å². The van der Waals surface area contributed by atoms with Crippen molar-refractivity contribution in [3.63, 3.8) is 0 Å². The molecule has 0 bridgehead atoms. The Morgan fingerprint density at radius 2 is 2.13 bits per heavy atom. The van der Waals surface area contributed by atoms with Gasteiger partial charge in [-0.3, -0.25) is 4.79 Å². The lowest BCUT2D eigenvalue weighted by atomic mass is 10.2. The molecule has 1 amide bonds. The van der Waals surface area contributed by atoms with E-state index in [0.717, 1.165) is 10.9 Å². The lowest BCUT2D eigenvalue weighted by Crippen LogP contribution is -2.38. The van der Waals surface area contributed by atoms with Crippen LogP contribution in [0, 0.1) is 0 Å². The van der Waals surface area contributed by atoms with Gasteiger partial charge < -0.3 is 14.2 Å². The molecule has 0 aliphatic carbocycles. The van der Waals surface area contributed by atoms with Gasteiger partial charge in [0.15, 0.2) is 9.84 Å². The zero-order valence-corrected chi connectivity index (χ0v) is 14.3. The normalized spacial score (nSPS) is 19.9. The van der Waals surface area contributed by atoms with E-state index >= 15 is 0 Å². The smallest absolute Gasteiger partial charge is 0.270 e. The molecule has 1 aromatic carbocycles. The summed E-state index contributed by atoms with van der Waals surface area (Å²) in [5.74, 6) is 0.726. The first-order chi connectivity index (χ1) is 10.8. The van der Waals surface area contributed by atoms with Crippen LogP contribution in [-0.2, 0) is 16.9 Å². The molecule has 1 fully saturated rings. The fourth-order valence-corrected chi connectivity index (χ4v) is 4.95. The van der Waals surface area contributed by atoms with Gasteiger partial charge in [-0.05, 0) is 18.6 Å². The molecule has 1 saturated heterocycles. The maximum atomic E-state index is 12.8. The highest BCUT2D eigenvalue weighted by Gasteiger charge is 2.33. The number of carbonyl (C=O) groups is 1. The van der Waals surface area contributed by atoms with E-state index < -0.39 is 9.84 Å². The van der Waals surface area contributed by atoms with E-state index in [1.165, 1.54) is 0 Å². The molecule has 0 radical (unpaired) electrons. The van der Waals surface area contributed by atoms with E-state index in [4.69, 9.17) is 4.74 Å². The largest absolute Gasteiger partial charge is 0.495 e. The number of benzene rings is 1. The van der Waals surface area contributed by atoms with Crippen LogP contribution in [0.25, 0.3) is 10.9 Å². The molecule has 23 heavy (non-hydrogen) atoms. The number of para-hydroxylation sites is 1. The molecule has 2 aromatic rings. The molecule has 1 atom stereocenters. The van der Waals surface area contributed by atoms with E-state index in [0.29, 0.717) is 17.9 Å². The first kappa shape index (κ1) is 15.9. The fourth-order valence-electron chi connectivity index (χ4n) is 3.18. The Morgan fingerprint density at radius 3 is 2.74 bits per heavy atom. The van der Waals surface area contributed by atoms with Crippen molar-refractivity contribution >= 4 is 26.6 Å². The number of fused-ring (bicyclic) bond motifs is 1. The van der Waals surface area contributed by atoms with E-state index in [9.17, 15) is 13.2 Å². The minimum absolute atomic E-state index is 0.0442. The lowest BCUT2D eigenvalue weighted by Gasteiger charge is -2.23. The molecular weight excluding hydrogens is 316 g/mol. The Kier molecular flexibility index (Phi) is 3.83. The number of aryl methyl sites for hydroxylation is 1. The van der Waals surface area contributed by atoms with Crippen molar-refractivity contribution in [3.8, 4) is 5.75 Å². The summed E-state index contributed by atoms with van der Waals surface area (Å²) in [6.07, 6.45) is 0.498. The summed E-state index contributed by atoms with van der Waals surface area (Å²) >= 11 is 0. The second-order valence-electron chi connectivity index (χ2n) is 5.96. The predicted molar refractivity (Wildman–Crippen MR) is 88.6 cm³/mol. The number of carbonyl (C=O) groups excluding carboxylic acids is 1. The molecule has 6 nitrogen and oxygen atoms in total. The zero-order chi connectivity index (χ0) is 16.8. The number of ether oxygens (including phenoxy) is 1. The summed E-state index contributed by atoms with van der Waals surface area (Å²) in [4.78, 5) is 14.3. The van der Waals surface area contributed by atoms with Gasteiger partial charge in [0, 0.05) is 25.5 Å². The Balaban J connectivity index is 1.97. The number of rotatable bonds is 3. The van der Waals surface area contributed by atoms with Crippen LogP contribution in [0.1, 0.15) is 16.9 Å². The molecular formula is C16H20N2O4S. The highest BCUT2D eigenvalue weighted by atomic mass is 32.2. The quantitative estimate of drug-likeness (QED) is 0.851. The minimum atomic E-state index is -3.02.